The van der Waals surface area contributed by atoms with Crippen LogP contribution >= 0.6 is 0 Å². The SMILES string of the molecule is CCCCCCCOCCOCCOCCOCCOCCOCCOCCOCCOCCOC1CCNCC1. The molecule has 0 aliphatic carbocycles. The van der Waals surface area contributed by atoms with E-state index in [0.29, 0.717) is 125 Å². The lowest BCUT2D eigenvalue weighted by atomic mass is 10.1. The van der Waals surface area contributed by atoms with Gasteiger partial charge in [0.15, 0.2) is 0 Å². The van der Waals surface area contributed by atoms with Gasteiger partial charge in [0.25, 0.3) is 0 Å². The van der Waals surface area contributed by atoms with Crippen LogP contribution in [0, 0.1) is 0 Å². The number of hydrogen-bond acceptors (Lipinski definition) is 11. The van der Waals surface area contributed by atoms with Crippen molar-refractivity contribution in [1.29, 1.82) is 0 Å². The van der Waals surface area contributed by atoms with Gasteiger partial charge in [0, 0.05) is 6.61 Å². The molecule has 246 valence electrons. The van der Waals surface area contributed by atoms with Crippen molar-refractivity contribution >= 4 is 0 Å². The van der Waals surface area contributed by atoms with E-state index in [-0.39, 0.29) is 0 Å². The number of ether oxygens (including phenoxy) is 10. The summed E-state index contributed by atoms with van der Waals surface area (Å²) in [6, 6.07) is 0. The number of nitrogens with one attached hydrogen (secondary N) is 1. The maximum atomic E-state index is 5.79. The van der Waals surface area contributed by atoms with E-state index in [1.165, 1.54) is 25.7 Å². The Morgan fingerprint density at radius 1 is 0.390 bits per heavy atom. The number of piperidine rings is 1. The highest BCUT2D eigenvalue weighted by atomic mass is 16.6. The van der Waals surface area contributed by atoms with E-state index in [0.717, 1.165) is 39.0 Å². The van der Waals surface area contributed by atoms with Crippen LogP contribution in [0.4, 0.5) is 0 Å². The zero-order chi connectivity index (χ0) is 29.2. The molecular weight excluding hydrogens is 534 g/mol. The van der Waals surface area contributed by atoms with Gasteiger partial charge in [-0.1, -0.05) is 32.6 Å². The van der Waals surface area contributed by atoms with Crippen molar-refractivity contribution in [1.82, 2.24) is 5.32 Å². The molecule has 0 saturated carbocycles. The molecule has 11 nitrogen and oxygen atoms in total. The molecule has 0 aromatic rings. The van der Waals surface area contributed by atoms with Crippen LogP contribution in [-0.2, 0) is 47.4 Å². The van der Waals surface area contributed by atoms with Crippen LogP contribution in [0.5, 0.6) is 0 Å². The van der Waals surface area contributed by atoms with Gasteiger partial charge in [-0.05, 0) is 32.4 Å². The summed E-state index contributed by atoms with van der Waals surface area (Å²) in [6.45, 7) is 15.3. The number of hydrogen-bond donors (Lipinski definition) is 1. The summed E-state index contributed by atoms with van der Waals surface area (Å²) < 4.78 is 55.3. The third-order valence-corrected chi connectivity index (χ3v) is 6.24. The van der Waals surface area contributed by atoms with Crippen LogP contribution in [-0.4, -0.2) is 145 Å². The molecule has 1 fully saturated rings. The first-order valence-electron chi connectivity index (χ1n) is 16.0. The molecule has 11 heteroatoms. The zero-order valence-corrected chi connectivity index (χ0v) is 26.0. The molecule has 0 aromatic heterocycles. The van der Waals surface area contributed by atoms with Crippen LogP contribution in [0.1, 0.15) is 51.9 Å². The molecule has 1 N–H and O–H groups in total. The fraction of sp³-hybridized carbons (Fsp3) is 1.00. The predicted molar refractivity (Wildman–Crippen MR) is 158 cm³/mol. The lowest BCUT2D eigenvalue weighted by Crippen LogP contribution is -2.33. The second-order valence-electron chi connectivity index (χ2n) is 9.75. The molecule has 0 bridgehead atoms. The summed E-state index contributed by atoms with van der Waals surface area (Å²) in [5.41, 5.74) is 0. The molecule has 0 amide bonds. The monoisotopic (exact) mass is 595 g/mol. The van der Waals surface area contributed by atoms with Crippen LogP contribution in [0.3, 0.4) is 0 Å². The summed E-state index contributed by atoms with van der Waals surface area (Å²) in [6.07, 6.45) is 8.85. The lowest BCUT2D eigenvalue weighted by Gasteiger charge is -2.22. The fourth-order valence-electron chi connectivity index (χ4n) is 3.90. The highest BCUT2D eigenvalue weighted by Gasteiger charge is 2.12. The van der Waals surface area contributed by atoms with Gasteiger partial charge in [-0.3, -0.25) is 0 Å². The van der Waals surface area contributed by atoms with Gasteiger partial charge in [0.2, 0.25) is 0 Å². The lowest BCUT2D eigenvalue weighted by molar-refractivity contribution is -0.0321. The Kier molecular flexibility index (Phi) is 32.0. The molecule has 1 aliphatic rings. The summed E-state index contributed by atoms with van der Waals surface area (Å²) in [4.78, 5) is 0. The Morgan fingerprint density at radius 3 is 1.07 bits per heavy atom. The van der Waals surface area contributed by atoms with Crippen LogP contribution in [0.15, 0.2) is 0 Å². The first kappa shape index (κ1) is 38.6. The largest absolute Gasteiger partial charge is 0.379 e. The quantitative estimate of drug-likeness (QED) is 0.111. The summed E-state index contributed by atoms with van der Waals surface area (Å²) in [5.74, 6) is 0. The Hall–Kier alpha value is -0.440. The third-order valence-electron chi connectivity index (χ3n) is 6.24. The van der Waals surface area contributed by atoms with Crippen LogP contribution in [0.2, 0.25) is 0 Å². The topological polar surface area (TPSA) is 104 Å². The molecule has 0 aromatic carbocycles. The second-order valence-corrected chi connectivity index (χ2v) is 9.75. The van der Waals surface area contributed by atoms with Crippen molar-refractivity contribution < 1.29 is 47.4 Å². The van der Waals surface area contributed by atoms with Gasteiger partial charge < -0.3 is 52.7 Å². The molecule has 1 saturated heterocycles. The van der Waals surface area contributed by atoms with Crippen molar-refractivity contribution in [2.45, 2.75) is 58.0 Å². The van der Waals surface area contributed by atoms with Crippen molar-refractivity contribution in [2.24, 2.45) is 0 Å². The average Bonchev–Trinajstić information content (AvgIpc) is 3.00. The number of unbranched alkanes of at least 4 members (excludes halogenated alkanes) is 4. The molecule has 1 rings (SSSR count). The standard InChI is InChI=1S/C30H61NO10/c1-2-3-4-5-6-11-32-12-13-33-14-15-34-16-17-35-18-19-36-20-21-37-22-23-38-24-25-39-26-27-40-28-29-41-30-7-9-31-10-8-30/h30-31H,2-29H2,1H3. The Bertz CT molecular complexity index is 486. The van der Waals surface area contributed by atoms with Gasteiger partial charge >= 0.3 is 0 Å². The van der Waals surface area contributed by atoms with E-state index in [1.807, 2.05) is 0 Å². The first-order valence-corrected chi connectivity index (χ1v) is 16.0. The highest BCUT2D eigenvalue weighted by Crippen LogP contribution is 2.06. The van der Waals surface area contributed by atoms with E-state index >= 15 is 0 Å². The van der Waals surface area contributed by atoms with Gasteiger partial charge in [0.1, 0.15) is 0 Å². The fourth-order valence-corrected chi connectivity index (χ4v) is 3.90. The normalized spacial score (nSPS) is 14.3. The van der Waals surface area contributed by atoms with Gasteiger partial charge in [-0.25, -0.2) is 0 Å². The van der Waals surface area contributed by atoms with Crippen LogP contribution in [0.25, 0.3) is 0 Å². The molecule has 1 aliphatic heterocycles. The second kappa shape index (κ2) is 34.1. The van der Waals surface area contributed by atoms with Gasteiger partial charge in [-0.15, -0.1) is 0 Å². The summed E-state index contributed by atoms with van der Waals surface area (Å²) in [5, 5.41) is 3.33. The van der Waals surface area contributed by atoms with E-state index < -0.39 is 0 Å². The predicted octanol–water partition coefficient (Wildman–Crippen LogP) is 2.87. The van der Waals surface area contributed by atoms with Gasteiger partial charge in [-0.2, -0.15) is 0 Å². The Labute approximate surface area is 249 Å². The number of rotatable bonds is 34. The first-order chi connectivity index (χ1) is 20.4. The molecule has 41 heavy (non-hydrogen) atoms. The van der Waals surface area contributed by atoms with Crippen molar-refractivity contribution in [2.75, 3.05) is 139 Å². The van der Waals surface area contributed by atoms with E-state index in [2.05, 4.69) is 12.2 Å². The maximum Gasteiger partial charge on any atom is 0.0704 e. The highest BCUT2D eigenvalue weighted by molar-refractivity contribution is 4.67. The third kappa shape index (κ3) is 30.8. The molecular formula is C30H61NO10. The minimum atomic E-state index is 0.378. The molecule has 0 unspecified atom stereocenters. The molecule has 1 heterocycles. The van der Waals surface area contributed by atoms with E-state index in [4.69, 9.17) is 47.4 Å². The maximum absolute atomic E-state index is 5.79. The smallest absolute Gasteiger partial charge is 0.0704 e. The molecule has 0 radical (unpaired) electrons. The molecule has 0 spiro atoms. The van der Waals surface area contributed by atoms with Crippen LogP contribution < -0.4 is 5.32 Å². The van der Waals surface area contributed by atoms with Crippen molar-refractivity contribution in [3.05, 3.63) is 0 Å². The van der Waals surface area contributed by atoms with Gasteiger partial charge in [0.05, 0.1) is 125 Å². The van der Waals surface area contributed by atoms with E-state index in [1.54, 1.807) is 0 Å². The summed E-state index contributed by atoms with van der Waals surface area (Å²) >= 11 is 0. The van der Waals surface area contributed by atoms with Crippen molar-refractivity contribution in [3.63, 3.8) is 0 Å². The Balaban J connectivity index is 1.60. The zero-order valence-electron chi connectivity index (χ0n) is 26.0. The average molecular weight is 596 g/mol. The van der Waals surface area contributed by atoms with E-state index in [9.17, 15) is 0 Å². The Morgan fingerprint density at radius 2 is 0.707 bits per heavy atom. The minimum Gasteiger partial charge on any atom is -0.379 e. The van der Waals surface area contributed by atoms with Crippen molar-refractivity contribution in [3.8, 4) is 0 Å². The molecule has 0 atom stereocenters. The minimum absolute atomic E-state index is 0.378. The summed E-state index contributed by atoms with van der Waals surface area (Å²) in [7, 11) is 0.